The molecule has 4 nitrogen and oxygen atoms in total. The maximum Gasteiger partial charge on any atom is 0.128 e. The molecule has 0 amide bonds. The molecule has 0 spiro atoms. The minimum atomic E-state index is 0.0914. The van der Waals surface area contributed by atoms with E-state index in [0.29, 0.717) is 5.82 Å². The Hall–Kier alpha value is -1.71. The Bertz CT molecular complexity index is 431. The molecule has 15 heavy (non-hydrogen) atoms. The molecule has 0 aliphatic heterocycles. The normalized spacial score (nSPS) is 12.9. The van der Waals surface area contributed by atoms with Crippen LogP contribution >= 0.6 is 0 Å². The molecular formula is C11H15N3O. The highest BCUT2D eigenvalue weighted by atomic mass is 16.3. The minimum Gasteiger partial charge on any atom is -0.467 e. The van der Waals surface area contributed by atoms with E-state index in [2.05, 4.69) is 12.0 Å². The van der Waals surface area contributed by atoms with Crippen LogP contribution in [0.2, 0.25) is 0 Å². The zero-order chi connectivity index (χ0) is 10.8. The van der Waals surface area contributed by atoms with Crippen molar-refractivity contribution in [1.82, 2.24) is 9.78 Å². The van der Waals surface area contributed by atoms with Crippen molar-refractivity contribution in [1.29, 1.82) is 0 Å². The van der Waals surface area contributed by atoms with E-state index in [1.165, 1.54) is 0 Å². The molecule has 2 aromatic heterocycles. The molecule has 0 aromatic carbocycles. The average molecular weight is 205 g/mol. The van der Waals surface area contributed by atoms with Gasteiger partial charge in [-0.05, 0) is 25.5 Å². The summed E-state index contributed by atoms with van der Waals surface area (Å²) in [6, 6.07) is 3.92. The van der Waals surface area contributed by atoms with E-state index < -0.39 is 0 Å². The van der Waals surface area contributed by atoms with Crippen molar-refractivity contribution >= 4 is 5.82 Å². The molecule has 2 heterocycles. The number of hydrogen-bond donors (Lipinski definition) is 1. The first-order chi connectivity index (χ1) is 7.24. The van der Waals surface area contributed by atoms with Crippen molar-refractivity contribution in [3.05, 3.63) is 35.9 Å². The molecule has 0 aliphatic rings. The van der Waals surface area contributed by atoms with Gasteiger partial charge in [-0.1, -0.05) is 6.92 Å². The van der Waals surface area contributed by atoms with Crippen LogP contribution in [0.5, 0.6) is 0 Å². The number of anilines is 1. The van der Waals surface area contributed by atoms with Crippen molar-refractivity contribution in [3.63, 3.8) is 0 Å². The summed E-state index contributed by atoms with van der Waals surface area (Å²) < 4.78 is 7.20. The van der Waals surface area contributed by atoms with Crippen LogP contribution in [-0.2, 0) is 0 Å². The highest BCUT2D eigenvalue weighted by Crippen LogP contribution is 2.25. The second-order valence-corrected chi connectivity index (χ2v) is 3.60. The topological polar surface area (TPSA) is 57.0 Å². The fourth-order valence-corrected chi connectivity index (χ4v) is 1.68. The summed E-state index contributed by atoms with van der Waals surface area (Å²) in [5.74, 6) is 1.60. The molecule has 0 bridgehead atoms. The molecule has 2 rings (SSSR count). The number of aromatic nitrogens is 2. The quantitative estimate of drug-likeness (QED) is 0.836. The molecule has 0 saturated carbocycles. The average Bonchev–Trinajstić information content (AvgIpc) is 2.84. The van der Waals surface area contributed by atoms with Gasteiger partial charge in [0.1, 0.15) is 17.6 Å². The van der Waals surface area contributed by atoms with Gasteiger partial charge in [0.05, 0.1) is 12.5 Å². The van der Waals surface area contributed by atoms with Crippen LogP contribution in [-0.4, -0.2) is 9.78 Å². The smallest absolute Gasteiger partial charge is 0.128 e. The zero-order valence-electron chi connectivity index (χ0n) is 8.97. The molecule has 0 radical (unpaired) electrons. The maximum atomic E-state index is 5.94. The number of nitrogens with two attached hydrogens (primary N) is 1. The largest absolute Gasteiger partial charge is 0.467 e. The lowest BCUT2D eigenvalue weighted by Crippen LogP contribution is -2.13. The van der Waals surface area contributed by atoms with Gasteiger partial charge in [0.2, 0.25) is 0 Å². The Morgan fingerprint density at radius 2 is 2.40 bits per heavy atom. The third-order valence-electron chi connectivity index (χ3n) is 2.58. The fraction of sp³-hybridized carbons (Fsp3) is 0.364. The molecule has 2 aromatic rings. The van der Waals surface area contributed by atoms with E-state index in [0.717, 1.165) is 17.7 Å². The van der Waals surface area contributed by atoms with Crippen LogP contribution in [0.3, 0.4) is 0 Å². The summed E-state index contributed by atoms with van der Waals surface area (Å²) in [7, 11) is 0. The van der Waals surface area contributed by atoms with E-state index >= 15 is 0 Å². The van der Waals surface area contributed by atoms with E-state index in [4.69, 9.17) is 10.2 Å². The van der Waals surface area contributed by atoms with E-state index in [1.807, 2.05) is 23.7 Å². The summed E-state index contributed by atoms with van der Waals surface area (Å²) in [5, 5.41) is 4.27. The Morgan fingerprint density at radius 3 is 2.87 bits per heavy atom. The molecule has 1 atom stereocenters. The molecule has 0 saturated heterocycles. The minimum absolute atomic E-state index is 0.0914. The van der Waals surface area contributed by atoms with Gasteiger partial charge in [0, 0.05) is 5.56 Å². The molecular weight excluding hydrogens is 190 g/mol. The lowest BCUT2D eigenvalue weighted by atomic mass is 10.2. The number of nitrogens with zero attached hydrogens (tertiary/aromatic N) is 2. The molecule has 1 unspecified atom stereocenters. The molecule has 4 heteroatoms. The predicted octanol–water partition coefficient (Wildman–Crippen LogP) is 2.37. The molecule has 80 valence electrons. The molecule has 0 fully saturated rings. The number of rotatable bonds is 3. The van der Waals surface area contributed by atoms with E-state index in [-0.39, 0.29) is 6.04 Å². The Labute approximate surface area is 88.7 Å². The highest BCUT2D eigenvalue weighted by molar-refractivity contribution is 5.38. The second kappa shape index (κ2) is 3.81. The maximum absolute atomic E-state index is 5.94. The Kier molecular flexibility index (Phi) is 2.49. The van der Waals surface area contributed by atoms with Crippen molar-refractivity contribution < 1.29 is 4.42 Å². The monoisotopic (exact) mass is 205 g/mol. The van der Waals surface area contributed by atoms with Crippen LogP contribution in [0.1, 0.15) is 30.7 Å². The third kappa shape index (κ3) is 1.63. The van der Waals surface area contributed by atoms with Gasteiger partial charge in [0.15, 0.2) is 0 Å². The first-order valence-electron chi connectivity index (χ1n) is 5.07. The number of nitrogen functional groups attached to an aromatic ring is 1. The van der Waals surface area contributed by atoms with Crippen molar-refractivity contribution in [2.45, 2.75) is 26.3 Å². The second-order valence-electron chi connectivity index (χ2n) is 3.60. The number of hydrogen-bond acceptors (Lipinski definition) is 3. The van der Waals surface area contributed by atoms with Gasteiger partial charge in [-0.2, -0.15) is 5.10 Å². The Morgan fingerprint density at radius 1 is 1.60 bits per heavy atom. The van der Waals surface area contributed by atoms with E-state index in [1.54, 1.807) is 12.5 Å². The van der Waals surface area contributed by atoms with Crippen LogP contribution in [0.25, 0.3) is 0 Å². The van der Waals surface area contributed by atoms with Crippen LogP contribution in [0, 0.1) is 6.92 Å². The van der Waals surface area contributed by atoms with Crippen LogP contribution < -0.4 is 5.73 Å². The van der Waals surface area contributed by atoms with Gasteiger partial charge >= 0.3 is 0 Å². The van der Waals surface area contributed by atoms with Gasteiger partial charge in [-0.15, -0.1) is 0 Å². The van der Waals surface area contributed by atoms with Crippen LogP contribution in [0.15, 0.2) is 29.0 Å². The summed E-state index contributed by atoms with van der Waals surface area (Å²) in [4.78, 5) is 0. The summed E-state index contributed by atoms with van der Waals surface area (Å²) in [5.41, 5.74) is 6.94. The van der Waals surface area contributed by atoms with Gasteiger partial charge < -0.3 is 10.2 Å². The van der Waals surface area contributed by atoms with Crippen LogP contribution in [0.4, 0.5) is 5.82 Å². The van der Waals surface area contributed by atoms with Gasteiger partial charge in [-0.25, -0.2) is 4.68 Å². The van der Waals surface area contributed by atoms with Gasteiger partial charge in [0.25, 0.3) is 0 Å². The van der Waals surface area contributed by atoms with Crippen molar-refractivity contribution in [2.75, 3.05) is 5.73 Å². The first-order valence-corrected chi connectivity index (χ1v) is 5.07. The number of aryl methyl sites for hydroxylation is 1. The SMILES string of the molecule is CCC(c1ccco1)n1ncc(C)c1N. The fourth-order valence-electron chi connectivity index (χ4n) is 1.68. The Balaban J connectivity index is 2.40. The van der Waals surface area contributed by atoms with E-state index in [9.17, 15) is 0 Å². The summed E-state index contributed by atoms with van der Waals surface area (Å²) >= 11 is 0. The third-order valence-corrected chi connectivity index (χ3v) is 2.58. The lowest BCUT2D eigenvalue weighted by Gasteiger charge is -2.14. The first kappa shape index (κ1) is 9.83. The van der Waals surface area contributed by atoms with Crippen molar-refractivity contribution in [3.8, 4) is 0 Å². The standard InChI is InChI=1S/C11H15N3O/c1-3-9(10-5-4-6-15-10)14-11(12)8(2)7-13-14/h4-7,9H,3,12H2,1-2H3. The zero-order valence-corrected chi connectivity index (χ0v) is 8.97. The highest BCUT2D eigenvalue weighted by Gasteiger charge is 2.17. The van der Waals surface area contributed by atoms with Crippen molar-refractivity contribution in [2.24, 2.45) is 0 Å². The summed E-state index contributed by atoms with van der Waals surface area (Å²) in [6.07, 6.45) is 4.35. The molecule has 0 aliphatic carbocycles. The number of furan rings is 1. The summed E-state index contributed by atoms with van der Waals surface area (Å²) in [6.45, 7) is 4.04. The van der Waals surface area contributed by atoms with Gasteiger partial charge in [-0.3, -0.25) is 0 Å². The predicted molar refractivity (Wildman–Crippen MR) is 58.5 cm³/mol. The lowest BCUT2D eigenvalue weighted by molar-refractivity contribution is 0.401. The molecule has 2 N–H and O–H groups in total.